The highest BCUT2D eigenvalue weighted by Crippen LogP contribution is 2.25. The number of hydrogen-bond donors (Lipinski definition) is 1. The van der Waals surface area contributed by atoms with E-state index in [2.05, 4.69) is 33.5 Å². The standard InChI is InChI=1S/C14H17N3/c1-10-14(9-16-11(2)17-10)13-7-5-4-6-12(13)8-15-3/h4-7,9,15H,8H2,1-3H3. The second kappa shape index (κ2) is 5.06. The van der Waals surface area contributed by atoms with Gasteiger partial charge < -0.3 is 5.32 Å². The van der Waals surface area contributed by atoms with E-state index in [-0.39, 0.29) is 0 Å². The number of aryl methyl sites for hydroxylation is 2. The average molecular weight is 227 g/mol. The topological polar surface area (TPSA) is 37.8 Å². The number of rotatable bonds is 3. The second-order valence-electron chi connectivity index (χ2n) is 4.10. The Labute approximate surface area is 102 Å². The fraction of sp³-hybridized carbons (Fsp3) is 0.286. The van der Waals surface area contributed by atoms with Crippen LogP contribution in [0.15, 0.2) is 30.5 Å². The largest absolute Gasteiger partial charge is 0.316 e. The zero-order chi connectivity index (χ0) is 12.3. The van der Waals surface area contributed by atoms with Crippen LogP contribution in [0, 0.1) is 13.8 Å². The predicted octanol–water partition coefficient (Wildman–Crippen LogP) is 2.48. The predicted molar refractivity (Wildman–Crippen MR) is 69.7 cm³/mol. The molecule has 3 heteroatoms. The van der Waals surface area contributed by atoms with Crippen LogP contribution in [-0.2, 0) is 6.54 Å². The van der Waals surface area contributed by atoms with E-state index < -0.39 is 0 Å². The molecule has 0 radical (unpaired) electrons. The number of nitrogens with one attached hydrogen (secondary N) is 1. The Kier molecular flexibility index (Phi) is 3.49. The van der Waals surface area contributed by atoms with Crippen molar-refractivity contribution in [3.8, 4) is 11.1 Å². The Bertz CT molecular complexity index is 521. The SMILES string of the molecule is CNCc1ccccc1-c1cnc(C)nc1C. The minimum Gasteiger partial charge on any atom is -0.316 e. The Balaban J connectivity index is 2.52. The molecule has 1 aromatic carbocycles. The molecule has 1 N–H and O–H groups in total. The normalized spacial score (nSPS) is 10.5. The summed E-state index contributed by atoms with van der Waals surface area (Å²) < 4.78 is 0. The summed E-state index contributed by atoms with van der Waals surface area (Å²) in [5.41, 5.74) is 4.62. The maximum Gasteiger partial charge on any atom is 0.125 e. The zero-order valence-corrected chi connectivity index (χ0v) is 10.5. The molecule has 0 fully saturated rings. The highest BCUT2D eigenvalue weighted by atomic mass is 14.9. The summed E-state index contributed by atoms with van der Waals surface area (Å²) >= 11 is 0. The highest BCUT2D eigenvalue weighted by molar-refractivity contribution is 5.68. The van der Waals surface area contributed by atoms with E-state index in [1.165, 1.54) is 11.1 Å². The van der Waals surface area contributed by atoms with Crippen LogP contribution in [0.25, 0.3) is 11.1 Å². The van der Waals surface area contributed by atoms with E-state index >= 15 is 0 Å². The molecule has 2 aromatic rings. The molecule has 0 spiro atoms. The maximum absolute atomic E-state index is 4.42. The minimum atomic E-state index is 0.817. The maximum atomic E-state index is 4.42. The van der Waals surface area contributed by atoms with Crippen LogP contribution < -0.4 is 5.32 Å². The third-order valence-corrected chi connectivity index (χ3v) is 2.77. The lowest BCUT2D eigenvalue weighted by Gasteiger charge is -2.11. The van der Waals surface area contributed by atoms with Crippen LogP contribution in [0.1, 0.15) is 17.1 Å². The van der Waals surface area contributed by atoms with Gasteiger partial charge in [-0.3, -0.25) is 0 Å². The average Bonchev–Trinajstić information content (AvgIpc) is 2.31. The van der Waals surface area contributed by atoms with Crippen molar-refractivity contribution in [2.45, 2.75) is 20.4 Å². The third-order valence-electron chi connectivity index (χ3n) is 2.77. The molecule has 0 aliphatic carbocycles. The van der Waals surface area contributed by atoms with Gasteiger partial charge in [-0.05, 0) is 32.0 Å². The summed E-state index contributed by atoms with van der Waals surface area (Å²) in [7, 11) is 1.95. The van der Waals surface area contributed by atoms with Crippen molar-refractivity contribution in [1.29, 1.82) is 0 Å². The minimum absolute atomic E-state index is 0.817. The summed E-state index contributed by atoms with van der Waals surface area (Å²) in [6.45, 7) is 4.79. The first-order chi connectivity index (χ1) is 8.22. The first-order valence-corrected chi connectivity index (χ1v) is 5.75. The molecule has 0 aliphatic rings. The quantitative estimate of drug-likeness (QED) is 0.875. The van der Waals surface area contributed by atoms with Crippen LogP contribution in [-0.4, -0.2) is 17.0 Å². The van der Waals surface area contributed by atoms with Gasteiger partial charge in [0, 0.05) is 24.0 Å². The molecule has 0 saturated carbocycles. The molecule has 88 valence electrons. The molecule has 1 aromatic heterocycles. The van der Waals surface area contributed by atoms with Gasteiger partial charge in [0.15, 0.2) is 0 Å². The van der Waals surface area contributed by atoms with Gasteiger partial charge >= 0.3 is 0 Å². The summed E-state index contributed by atoms with van der Waals surface area (Å²) in [5, 5.41) is 3.18. The first kappa shape index (κ1) is 11.7. The van der Waals surface area contributed by atoms with Crippen LogP contribution in [0.4, 0.5) is 0 Å². The van der Waals surface area contributed by atoms with Gasteiger partial charge in [0.25, 0.3) is 0 Å². The van der Waals surface area contributed by atoms with Crippen LogP contribution in [0.3, 0.4) is 0 Å². The van der Waals surface area contributed by atoms with Gasteiger partial charge in [0.05, 0.1) is 0 Å². The number of aromatic nitrogens is 2. The van der Waals surface area contributed by atoms with Gasteiger partial charge in [-0.15, -0.1) is 0 Å². The third kappa shape index (κ3) is 2.50. The number of nitrogens with zero attached hydrogens (tertiary/aromatic N) is 2. The summed E-state index contributed by atoms with van der Waals surface area (Å²) in [6.07, 6.45) is 1.91. The van der Waals surface area contributed by atoms with Crippen molar-refractivity contribution in [1.82, 2.24) is 15.3 Å². The second-order valence-corrected chi connectivity index (χ2v) is 4.10. The smallest absolute Gasteiger partial charge is 0.125 e. The Morgan fingerprint density at radius 2 is 1.88 bits per heavy atom. The van der Waals surface area contributed by atoms with Gasteiger partial charge in [-0.1, -0.05) is 24.3 Å². The van der Waals surface area contributed by atoms with Crippen molar-refractivity contribution in [3.05, 3.63) is 47.5 Å². The van der Waals surface area contributed by atoms with E-state index in [1.807, 2.05) is 33.2 Å². The first-order valence-electron chi connectivity index (χ1n) is 5.75. The van der Waals surface area contributed by atoms with E-state index in [9.17, 15) is 0 Å². The van der Waals surface area contributed by atoms with Crippen LogP contribution in [0.2, 0.25) is 0 Å². The van der Waals surface area contributed by atoms with Crippen molar-refractivity contribution in [2.75, 3.05) is 7.05 Å². The van der Waals surface area contributed by atoms with Crippen LogP contribution >= 0.6 is 0 Å². The molecule has 0 amide bonds. The zero-order valence-electron chi connectivity index (χ0n) is 10.5. The molecule has 17 heavy (non-hydrogen) atoms. The van der Waals surface area contributed by atoms with Gasteiger partial charge in [-0.25, -0.2) is 9.97 Å². The fourth-order valence-corrected chi connectivity index (χ4v) is 1.98. The number of benzene rings is 1. The van der Waals surface area contributed by atoms with E-state index in [0.717, 1.165) is 23.6 Å². The molecular weight excluding hydrogens is 210 g/mol. The Morgan fingerprint density at radius 3 is 2.59 bits per heavy atom. The number of hydrogen-bond acceptors (Lipinski definition) is 3. The van der Waals surface area contributed by atoms with Gasteiger partial charge in [-0.2, -0.15) is 0 Å². The van der Waals surface area contributed by atoms with Gasteiger partial charge in [0.1, 0.15) is 5.82 Å². The molecule has 0 aliphatic heterocycles. The molecule has 2 rings (SSSR count). The van der Waals surface area contributed by atoms with Crippen molar-refractivity contribution in [3.63, 3.8) is 0 Å². The summed E-state index contributed by atoms with van der Waals surface area (Å²) in [6, 6.07) is 8.35. The Hall–Kier alpha value is -1.74. The summed E-state index contributed by atoms with van der Waals surface area (Å²) in [5.74, 6) is 0.817. The monoisotopic (exact) mass is 227 g/mol. The molecule has 0 atom stereocenters. The lowest BCUT2D eigenvalue weighted by molar-refractivity contribution is 0.819. The molecule has 0 bridgehead atoms. The fourth-order valence-electron chi connectivity index (χ4n) is 1.98. The highest BCUT2D eigenvalue weighted by Gasteiger charge is 2.08. The van der Waals surface area contributed by atoms with Crippen molar-refractivity contribution in [2.24, 2.45) is 0 Å². The molecule has 3 nitrogen and oxygen atoms in total. The lowest BCUT2D eigenvalue weighted by Crippen LogP contribution is -2.07. The molecule has 1 heterocycles. The summed E-state index contributed by atoms with van der Waals surface area (Å²) in [4.78, 5) is 8.71. The van der Waals surface area contributed by atoms with Crippen molar-refractivity contribution >= 4 is 0 Å². The van der Waals surface area contributed by atoms with E-state index in [1.54, 1.807) is 0 Å². The molecule has 0 unspecified atom stereocenters. The molecular formula is C14H17N3. The lowest BCUT2D eigenvalue weighted by atomic mass is 10.00. The van der Waals surface area contributed by atoms with Crippen LogP contribution in [0.5, 0.6) is 0 Å². The Morgan fingerprint density at radius 1 is 1.12 bits per heavy atom. The van der Waals surface area contributed by atoms with E-state index in [4.69, 9.17) is 0 Å². The van der Waals surface area contributed by atoms with Gasteiger partial charge in [0.2, 0.25) is 0 Å². The van der Waals surface area contributed by atoms with Crippen molar-refractivity contribution < 1.29 is 0 Å². The van der Waals surface area contributed by atoms with E-state index in [0.29, 0.717) is 0 Å². The molecule has 0 saturated heterocycles.